The minimum absolute atomic E-state index is 0.167. The molecule has 0 amide bonds. The van der Waals surface area contributed by atoms with Gasteiger partial charge in [-0.1, -0.05) is 0 Å². The molecule has 2 saturated heterocycles. The van der Waals surface area contributed by atoms with Gasteiger partial charge in [-0.05, 0) is 19.1 Å². The van der Waals surface area contributed by atoms with Gasteiger partial charge in [0.2, 0.25) is 5.95 Å². The molecule has 3 heterocycles. The van der Waals surface area contributed by atoms with Crippen LogP contribution in [0, 0.1) is 18.6 Å². The summed E-state index contributed by atoms with van der Waals surface area (Å²) < 4.78 is 38.4. The predicted octanol–water partition coefficient (Wildman–Crippen LogP) is 3.15. The number of rotatable bonds is 3. The van der Waals surface area contributed by atoms with Gasteiger partial charge in [-0.25, -0.2) is 13.8 Å². The Labute approximate surface area is 150 Å². The highest BCUT2D eigenvalue weighted by molar-refractivity contribution is 5.58. The van der Waals surface area contributed by atoms with E-state index >= 15 is 0 Å². The van der Waals surface area contributed by atoms with Crippen molar-refractivity contribution < 1.29 is 18.3 Å². The van der Waals surface area contributed by atoms with Crippen LogP contribution in [0.3, 0.4) is 0 Å². The Balaban J connectivity index is 1.51. The lowest BCUT2D eigenvalue weighted by molar-refractivity contribution is -0.169. The molecule has 1 N–H and O–H groups in total. The molecule has 0 radical (unpaired) electrons. The minimum atomic E-state index is -0.668. The van der Waals surface area contributed by atoms with Crippen LogP contribution in [0.2, 0.25) is 0 Å². The monoisotopic (exact) mass is 362 g/mol. The summed E-state index contributed by atoms with van der Waals surface area (Å²) in [5.41, 5.74) is 0.925. The van der Waals surface area contributed by atoms with E-state index in [1.54, 1.807) is 6.07 Å². The van der Waals surface area contributed by atoms with Crippen molar-refractivity contribution in [1.29, 1.82) is 0 Å². The molecule has 4 rings (SSSR count). The number of aryl methyl sites for hydroxylation is 1. The van der Waals surface area contributed by atoms with Gasteiger partial charge in [-0.15, -0.1) is 0 Å². The van der Waals surface area contributed by atoms with E-state index in [0.29, 0.717) is 38.1 Å². The summed E-state index contributed by atoms with van der Waals surface area (Å²) in [6.45, 7) is 4.56. The SMILES string of the molecule is Cc1cc(Nc2ccc(F)cc2F)nc(N2CCC3(CC2)OCCO3)n1. The Morgan fingerprint density at radius 3 is 2.50 bits per heavy atom. The summed E-state index contributed by atoms with van der Waals surface area (Å²) in [7, 11) is 0. The molecule has 2 aromatic rings. The molecule has 138 valence electrons. The maximum Gasteiger partial charge on any atom is 0.227 e. The number of halogens is 2. The number of hydrogen-bond acceptors (Lipinski definition) is 6. The standard InChI is InChI=1S/C18H20F2N4O2/c1-12-10-16(22-15-3-2-13(19)11-14(15)20)23-17(21-12)24-6-4-18(5-7-24)25-8-9-26-18/h2-3,10-11H,4-9H2,1H3,(H,21,22,23). The van der Waals surface area contributed by atoms with Gasteiger partial charge >= 0.3 is 0 Å². The van der Waals surface area contributed by atoms with Crippen LogP contribution in [-0.4, -0.2) is 42.1 Å². The second-order valence-corrected chi connectivity index (χ2v) is 6.54. The lowest BCUT2D eigenvalue weighted by Crippen LogP contribution is -2.45. The second-order valence-electron chi connectivity index (χ2n) is 6.54. The van der Waals surface area contributed by atoms with Crippen molar-refractivity contribution in [2.45, 2.75) is 25.6 Å². The van der Waals surface area contributed by atoms with Gasteiger partial charge in [-0.2, -0.15) is 4.98 Å². The van der Waals surface area contributed by atoms with Gasteiger partial charge in [0.05, 0.1) is 18.9 Å². The van der Waals surface area contributed by atoms with Crippen LogP contribution in [0.25, 0.3) is 0 Å². The molecule has 0 unspecified atom stereocenters. The van der Waals surface area contributed by atoms with Crippen molar-refractivity contribution in [2.75, 3.05) is 36.5 Å². The third-order valence-corrected chi connectivity index (χ3v) is 4.66. The molecule has 2 aliphatic rings. The highest BCUT2D eigenvalue weighted by atomic mass is 19.1. The highest BCUT2D eigenvalue weighted by Crippen LogP contribution is 2.32. The molecule has 1 aromatic carbocycles. The first-order valence-corrected chi connectivity index (χ1v) is 8.64. The smallest absolute Gasteiger partial charge is 0.227 e. The quantitative estimate of drug-likeness (QED) is 0.905. The molecular formula is C18H20F2N4O2. The van der Waals surface area contributed by atoms with Crippen molar-refractivity contribution in [3.8, 4) is 0 Å². The maximum atomic E-state index is 13.9. The average molecular weight is 362 g/mol. The normalized spacial score (nSPS) is 19.1. The topological polar surface area (TPSA) is 59.5 Å². The first-order chi connectivity index (χ1) is 12.5. The van der Waals surface area contributed by atoms with Crippen LogP contribution in [0.1, 0.15) is 18.5 Å². The molecule has 0 saturated carbocycles. The van der Waals surface area contributed by atoms with E-state index in [-0.39, 0.29) is 5.69 Å². The van der Waals surface area contributed by atoms with Crippen molar-refractivity contribution in [3.05, 3.63) is 41.6 Å². The molecule has 1 aromatic heterocycles. The summed E-state index contributed by atoms with van der Waals surface area (Å²) in [5.74, 6) is -0.711. The van der Waals surface area contributed by atoms with Crippen molar-refractivity contribution >= 4 is 17.5 Å². The zero-order chi connectivity index (χ0) is 18.1. The molecule has 1 spiro atoms. The van der Waals surface area contributed by atoms with E-state index in [2.05, 4.69) is 20.2 Å². The van der Waals surface area contributed by atoms with Gasteiger partial charge in [-0.3, -0.25) is 0 Å². The van der Waals surface area contributed by atoms with Crippen molar-refractivity contribution in [3.63, 3.8) is 0 Å². The largest absolute Gasteiger partial charge is 0.347 e. The van der Waals surface area contributed by atoms with E-state index < -0.39 is 17.4 Å². The molecule has 8 heteroatoms. The van der Waals surface area contributed by atoms with E-state index in [1.165, 1.54) is 12.1 Å². The first-order valence-electron chi connectivity index (χ1n) is 8.64. The predicted molar refractivity (Wildman–Crippen MR) is 92.5 cm³/mol. The van der Waals surface area contributed by atoms with Gasteiger partial charge in [0.1, 0.15) is 17.5 Å². The van der Waals surface area contributed by atoms with Gasteiger partial charge < -0.3 is 19.7 Å². The second kappa shape index (κ2) is 6.77. The Morgan fingerprint density at radius 1 is 1.08 bits per heavy atom. The lowest BCUT2D eigenvalue weighted by Gasteiger charge is -2.37. The number of nitrogens with zero attached hydrogens (tertiary/aromatic N) is 3. The summed E-state index contributed by atoms with van der Waals surface area (Å²) in [5, 5.41) is 2.90. The fraction of sp³-hybridized carbons (Fsp3) is 0.444. The molecule has 0 aliphatic carbocycles. The summed E-state index contributed by atoms with van der Waals surface area (Å²) in [6.07, 6.45) is 1.50. The van der Waals surface area contributed by atoms with Crippen LogP contribution in [-0.2, 0) is 9.47 Å². The molecule has 6 nitrogen and oxygen atoms in total. The zero-order valence-corrected chi connectivity index (χ0v) is 14.5. The minimum Gasteiger partial charge on any atom is -0.347 e. The Bertz CT molecular complexity index is 802. The van der Waals surface area contributed by atoms with Crippen LogP contribution < -0.4 is 10.2 Å². The fourth-order valence-electron chi connectivity index (χ4n) is 3.32. The fourth-order valence-corrected chi connectivity index (χ4v) is 3.32. The van der Waals surface area contributed by atoms with Crippen LogP contribution in [0.5, 0.6) is 0 Å². The highest BCUT2D eigenvalue weighted by Gasteiger charge is 2.40. The van der Waals surface area contributed by atoms with Crippen molar-refractivity contribution in [1.82, 2.24) is 9.97 Å². The number of aromatic nitrogens is 2. The number of anilines is 3. The van der Waals surface area contributed by atoms with Gasteiger partial charge in [0, 0.05) is 43.8 Å². The molecule has 26 heavy (non-hydrogen) atoms. The van der Waals surface area contributed by atoms with E-state index in [4.69, 9.17) is 9.47 Å². The number of hydrogen-bond donors (Lipinski definition) is 1. The summed E-state index contributed by atoms with van der Waals surface area (Å²) in [6, 6.07) is 5.11. The molecular weight excluding hydrogens is 342 g/mol. The third kappa shape index (κ3) is 3.47. The first kappa shape index (κ1) is 17.1. The molecule has 0 bridgehead atoms. The molecule has 2 fully saturated rings. The van der Waals surface area contributed by atoms with E-state index in [1.807, 2.05) is 6.92 Å². The van der Waals surface area contributed by atoms with E-state index in [9.17, 15) is 8.78 Å². The van der Waals surface area contributed by atoms with E-state index in [0.717, 1.165) is 24.6 Å². The number of benzene rings is 1. The van der Waals surface area contributed by atoms with Crippen molar-refractivity contribution in [2.24, 2.45) is 0 Å². The van der Waals surface area contributed by atoms with Gasteiger partial charge in [0.25, 0.3) is 0 Å². The number of nitrogens with one attached hydrogen (secondary N) is 1. The van der Waals surface area contributed by atoms with Crippen LogP contribution in [0.15, 0.2) is 24.3 Å². The van der Waals surface area contributed by atoms with Gasteiger partial charge in [0.15, 0.2) is 5.79 Å². The Hall–Kier alpha value is -2.32. The Morgan fingerprint density at radius 2 is 1.81 bits per heavy atom. The zero-order valence-electron chi connectivity index (χ0n) is 14.5. The maximum absolute atomic E-state index is 13.9. The molecule has 2 aliphatic heterocycles. The Kier molecular flexibility index (Phi) is 4.46. The van der Waals surface area contributed by atoms with Crippen LogP contribution in [0.4, 0.5) is 26.2 Å². The van der Waals surface area contributed by atoms with Crippen LogP contribution >= 0.6 is 0 Å². The number of ether oxygens (including phenoxy) is 2. The summed E-state index contributed by atoms with van der Waals surface area (Å²) >= 11 is 0. The number of piperidine rings is 1. The lowest BCUT2D eigenvalue weighted by atomic mass is 10.0. The molecule has 0 atom stereocenters. The average Bonchev–Trinajstić information content (AvgIpc) is 3.06. The summed E-state index contributed by atoms with van der Waals surface area (Å²) in [4.78, 5) is 11.0. The third-order valence-electron chi connectivity index (χ3n) is 4.66.